The van der Waals surface area contributed by atoms with Crippen molar-refractivity contribution in [2.75, 3.05) is 25.5 Å². The first-order chi connectivity index (χ1) is 14.1. The van der Waals surface area contributed by atoms with Gasteiger partial charge in [0.2, 0.25) is 11.9 Å². The lowest BCUT2D eigenvalue weighted by Crippen LogP contribution is -2.41. The van der Waals surface area contributed by atoms with Crippen molar-refractivity contribution in [3.05, 3.63) is 18.0 Å². The van der Waals surface area contributed by atoms with Crippen LogP contribution in [0.2, 0.25) is 0 Å². The highest BCUT2D eigenvalue weighted by atomic mass is 16.2. The maximum Gasteiger partial charge on any atom is 0.231 e. The molecule has 2 aromatic rings. The van der Waals surface area contributed by atoms with Crippen LogP contribution in [0, 0.1) is 5.92 Å². The molecular formula is C22H29N5O2. The molecule has 1 atom stereocenters. The highest BCUT2D eigenvalue weighted by Gasteiger charge is 2.41. The normalized spacial score (nSPS) is 24.6. The van der Waals surface area contributed by atoms with Crippen LogP contribution in [0.15, 0.2) is 12.3 Å². The van der Waals surface area contributed by atoms with Crippen LogP contribution < -0.4 is 5.32 Å². The maximum atomic E-state index is 12.7. The third-order valence-corrected chi connectivity index (χ3v) is 7.13. The first-order valence-corrected chi connectivity index (χ1v) is 11.0. The molecule has 4 heterocycles. The van der Waals surface area contributed by atoms with Crippen molar-refractivity contribution < 1.29 is 9.59 Å². The number of Topliss-reactive ketones (excluding diaryl/α,β-unsaturated/α-hetero) is 1. The molecule has 3 aliphatic rings. The van der Waals surface area contributed by atoms with E-state index in [9.17, 15) is 9.59 Å². The number of nitrogens with one attached hydrogen (secondary N) is 1. The monoisotopic (exact) mass is 395 g/mol. The summed E-state index contributed by atoms with van der Waals surface area (Å²) in [4.78, 5) is 36.7. The predicted octanol–water partition coefficient (Wildman–Crippen LogP) is 3.35. The van der Waals surface area contributed by atoms with Crippen LogP contribution in [0.4, 0.5) is 5.95 Å². The van der Waals surface area contributed by atoms with Crippen LogP contribution in [0.5, 0.6) is 0 Å². The molecule has 0 aromatic carbocycles. The molecule has 1 N–H and O–H groups in total. The molecule has 29 heavy (non-hydrogen) atoms. The zero-order valence-electron chi connectivity index (χ0n) is 17.1. The number of hydrogen-bond acceptors (Lipinski definition) is 5. The molecule has 0 radical (unpaired) electrons. The molecular weight excluding hydrogens is 366 g/mol. The number of aromatic nitrogens is 3. The summed E-state index contributed by atoms with van der Waals surface area (Å²) in [5, 5.41) is 3.82. The van der Waals surface area contributed by atoms with E-state index < -0.39 is 0 Å². The lowest BCUT2D eigenvalue weighted by atomic mass is 9.75. The van der Waals surface area contributed by atoms with Gasteiger partial charge in [0.25, 0.3) is 0 Å². The molecule has 1 aliphatic carbocycles. The van der Waals surface area contributed by atoms with E-state index in [0.717, 1.165) is 61.9 Å². The van der Waals surface area contributed by atoms with E-state index in [1.165, 1.54) is 19.3 Å². The number of likely N-dealkylation sites (tertiary alicyclic amines) is 1. The van der Waals surface area contributed by atoms with Crippen molar-refractivity contribution in [2.24, 2.45) is 5.92 Å². The first-order valence-electron chi connectivity index (χ1n) is 11.0. The minimum atomic E-state index is -0.0273. The van der Waals surface area contributed by atoms with E-state index in [-0.39, 0.29) is 23.1 Å². The number of nitrogens with zero attached hydrogens (tertiary/aromatic N) is 4. The molecule has 154 valence electrons. The predicted molar refractivity (Wildman–Crippen MR) is 111 cm³/mol. The van der Waals surface area contributed by atoms with Gasteiger partial charge in [-0.15, -0.1) is 0 Å². The summed E-state index contributed by atoms with van der Waals surface area (Å²) in [6.45, 7) is 1.81. The number of amides is 1. The Kier molecular flexibility index (Phi) is 4.65. The standard InChI is InChI=1S/C22H29N5O2/c1-26-11-5-6-15(14-26)20(29)25-21-23-13-16-12-17-18(28)7-10-22(8-3-2-4-9-22)27(17)19(16)24-21/h12-13,15H,2-11,14H2,1H3,(H,23,24,25,29). The van der Waals surface area contributed by atoms with Gasteiger partial charge in [-0.1, -0.05) is 19.3 Å². The van der Waals surface area contributed by atoms with E-state index in [4.69, 9.17) is 4.98 Å². The van der Waals surface area contributed by atoms with Gasteiger partial charge in [-0.2, -0.15) is 4.98 Å². The summed E-state index contributed by atoms with van der Waals surface area (Å²) in [5.74, 6) is 0.501. The Labute approximate surface area is 170 Å². The van der Waals surface area contributed by atoms with Crippen LogP contribution in [-0.4, -0.2) is 51.3 Å². The molecule has 1 saturated heterocycles. The van der Waals surface area contributed by atoms with Gasteiger partial charge < -0.3 is 9.47 Å². The van der Waals surface area contributed by atoms with Crippen LogP contribution in [-0.2, 0) is 10.3 Å². The Morgan fingerprint density at radius 2 is 2.03 bits per heavy atom. The van der Waals surface area contributed by atoms with Gasteiger partial charge in [-0.3, -0.25) is 14.9 Å². The Morgan fingerprint density at radius 1 is 1.21 bits per heavy atom. The number of ketones is 1. The van der Waals surface area contributed by atoms with Crippen molar-refractivity contribution in [3.63, 3.8) is 0 Å². The van der Waals surface area contributed by atoms with E-state index in [1.807, 2.05) is 6.07 Å². The minimum Gasteiger partial charge on any atom is -0.316 e. The third-order valence-electron chi connectivity index (χ3n) is 7.13. The fourth-order valence-electron chi connectivity index (χ4n) is 5.60. The highest BCUT2D eigenvalue weighted by molar-refractivity contribution is 6.00. The van der Waals surface area contributed by atoms with Crippen molar-refractivity contribution >= 4 is 28.7 Å². The van der Waals surface area contributed by atoms with E-state index in [2.05, 4.69) is 26.8 Å². The van der Waals surface area contributed by atoms with Gasteiger partial charge in [0.15, 0.2) is 5.78 Å². The smallest absolute Gasteiger partial charge is 0.231 e. The number of carbonyl (C=O) groups is 2. The second kappa shape index (κ2) is 7.20. The zero-order valence-corrected chi connectivity index (χ0v) is 17.1. The van der Waals surface area contributed by atoms with Gasteiger partial charge in [-0.05, 0) is 51.8 Å². The maximum absolute atomic E-state index is 12.7. The third kappa shape index (κ3) is 3.25. The van der Waals surface area contributed by atoms with Crippen LogP contribution in [0.1, 0.15) is 68.3 Å². The van der Waals surface area contributed by atoms with Crippen molar-refractivity contribution in [3.8, 4) is 0 Å². The number of hydrogen-bond donors (Lipinski definition) is 1. The summed E-state index contributed by atoms with van der Waals surface area (Å²) in [5.41, 5.74) is 1.55. The molecule has 1 saturated carbocycles. The summed E-state index contributed by atoms with van der Waals surface area (Å²) >= 11 is 0. The van der Waals surface area contributed by atoms with Gasteiger partial charge in [0.05, 0.1) is 11.6 Å². The Bertz CT molecular complexity index is 960. The van der Waals surface area contributed by atoms with E-state index in [1.54, 1.807) is 6.20 Å². The van der Waals surface area contributed by atoms with Crippen LogP contribution >= 0.6 is 0 Å². The summed E-state index contributed by atoms with van der Waals surface area (Å²) < 4.78 is 2.19. The lowest BCUT2D eigenvalue weighted by molar-refractivity contribution is -0.121. The number of fused-ring (bicyclic) bond motifs is 4. The fraction of sp³-hybridized carbons (Fsp3) is 0.636. The molecule has 2 aromatic heterocycles. The van der Waals surface area contributed by atoms with Gasteiger partial charge in [0, 0.05) is 30.1 Å². The number of piperidine rings is 1. The Hall–Kier alpha value is -2.28. The molecule has 7 nitrogen and oxygen atoms in total. The van der Waals surface area contributed by atoms with Crippen molar-refractivity contribution in [2.45, 2.75) is 63.3 Å². The quantitative estimate of drug-likeness (QED) is 0.843. The average molecular weight is 396 g/mol. The molecule has 5 rings (SSSR count). The fourth-order valence-corrected chi connectivity index (χ4v) is 5.60. The SMILES string of the molecule is CN1CCCC(C(=O)Nc2ncc3cc4n(c3n2)C2(CCCCC2)CCC4=O)C1. The van der Waals surface area contributed by atoms with E-state index >= 15 is 0 Å². The summed E-state index contributed by atoms with van der Waals surface area (Å²) in [6, 6.07) is 1.94. The van der Waals surface area contributed by atoms with Gasteiger partial charge in [-0.25, -0.2) is 4.98 Å². The molecule has 2 aliphatic heterocycles. The molecule has 0 bridgehead atoms. The average Bonchev–Trinajstić information content (AvgIpc) is 3.12. The van der Waals surface area contributed by atoms with E-state index in [0.29, 0.717) is 12.4 Å². The molecule has 1 spiro atoms. The van der Waals surface area contributed by atoms with Gasteiger partial charge in [0.1, 0.15) is 5.65 Å². The summed E-state index contributed by atoms with van der Waals surface area (Å²) in [7, 11) is 2.05. The molecule has 7 heteroatoms. The lowest BCUT2D eigenvalue weighted by Gasteiger charge is -2.42. The largest absolute Gasteiger partial charge is 0.316 e. The highest BCUT2D eigenvalue weighted by Crippen LogP contribution is 2.45. The number of carbonyl (C=O) groups excluding carboxylic acids is 2. The summed E-state index contributed by atoms with van der Waals surface area (Å²) in [6.07, 6.45) is 11.0. The second-order valence-corrected chi connectivity index (χ2v) is 9.14. The molecule has 2 fully saturated rings. The minimum absolute atomic E-state index is 0.00897. The van der Waals surface area contributed by atoms with Crippen molar-refractivity contribution in [1.82, 2.24) is 19.4 Å². The number of anilines is 1. The van der Waals surface area contributed by atoms with Crippen LogP contribution in [0.25, 0.3) is 11.0 Å². The molecule has 1 amide bonds. The molecule has 1 unspecified atom stereocenters. The topological polar surface area (TPSA) is 80.1 Å². The Balaban J connectivity index is 1.49. The van der Waals surface area contributed by atoms with Crippen LogP contribution in [0.3, 0.4) is 0 Å². The Morgan fingerprint density at radius 3 is 2.83 bits per heavy atom. The first kappa shape index (κ1) is 18.7. The van der Waals surface area contributed by atoms with Crippen molar-refractivity contribution in [1.29, 1.82) is 0 Å². The second-order valence-electron chi connectivity index (χ2n) is 9.14. The number of rotatable bonds is 2. The van der Waals surface area contributed by atoms with Gasteiger partial charge >= 0.3 is 0 Å². The zero-order chi connectivity index (χ0) is 20.0.